The maximum Gasteiger partial charge on any atom is 0.352 e. The van der Waals surface area contributed by atoms with E-state index in [0.29, 0.717) is 18.9 Å². The third-order valence-electron chi connectivity index (χ3n) is 5.26. The zero-order chi connectivity index (χ0) is 18.8. The van der Waals surface area contributed by atoms with Gasteiger partial charge in [-0.25, -0.2) is 13.9 Å². The van der Waals surface area contributed by atoms with E-state index in [1.165, 1.54) is 11.1 Å². The minimum absolute atomic E-state index is 0.0599. The molecule has 1 aliphatic rings. The summed E-state index contributed by atoms with van der Waals surface area (Å²) >= 11 is 0. The first kappa shape index (κ1) is 17.8. The van der Waals surface area contributed by atoms with Crippen molar-refractivity contribution in [1.82, 2.24) is 24.1 Å². The third-order valence-corrected chi connectivity index (χ3v) is 5.26. The highest BCUT2D eigenvalue weighted by Crippen LogP contribution is 2.19. The smallest absolute Gasteiger partial charge is 0.352 e. The fraction of sp³-hybridized carbons (Fsp3) is 0.526. The van der Waals surface area contributed by atoms with Crippen LogP contribution in [0.15, 0.2) is 29.1 Å². The van der Waals surface area contributed by atoms with Gasteiger partial charge in [-0.05, 0) is 25.0 Å². The third kappa shape index (κ3) is 3.37. The normalized spacial score (nSPS) is 15.6. The number of methoxy groups -OCH3 is 1. The molecule has 0 aliphatic heterocycles. The average Bonchev–Trinajstić information content (AvgIpc) is 3.15. The Labute approximate surface area is 156 Å². The Hall–Kier alpha value is -2.61. The number of carbonyl (C=O) groups excluding carboxylic acids is 1. The van der Waals surface area contributed by atoms with Gasteiger partial charge in [0.2, 0.25) is 11.7 Å². The van der Waals surface area contributed by atoms with Gasteiger partial charge >= 0.3 is 5.69 Å². The number of nitrogens with one attached hydrogen (secondary N) is 1. The van der Waals surface area contributed by atoms with Crippen molar-refractivity contribution in [3.63, 3.8) is 0 Å². The molecule has 1 saturated carbocycles. The van der Waals surface area contributed by atoms with Gasteiger partial charge in [0.15, 0.2) is 0 Å². The number of amides is 1. The van der Waals surface area contributed by atoms with Crippen molar-refractivity contribution in [2.45, 2.75) is 51.2 Å². The van der Waals surface area contributed by atoms with E-state index < -0.39 is 0 Å². The lowest BCUT2D eigenvalue weighted by atomic mass is 9.95. The largest absolute Gasteiger partial charge is 0.383 e. The number of hydrogen-bond acceptors (Lipinski definition) is 4. The minimum Gasteiger partial charge on any atom is -0.383 e. The molecule has 0 bridgehead atoms. The second-order valence-corrected chi connectivity index (χ2v) is 7.11. The number of ether oxygens (including phenoxy) is 1. The molecule has 1 fully saturated rings. The molecule has 1 amide bonds. The highest BCUT2D eigenvalue weighted by molar-refractivity contribution is 5.81. The number of carbonyl (C=O) groups is 1. The Bertz CT molecular complexity index is 1010. The SMILES string of the molecule is COCCn1c2ccccc2n2c(=O)n(CC(=O)NC3CCCCC3)nc12. The number of fused-ring (bicyclic) bond motifs is 3. The minimum atomic E-state index is -0.295. The molecule has 1 aliphatic carbocycles. The van der Waals surface area contributed by atoms with Gasteiger partial charge in [-0.1, -0.05) is 31.4 Å². The summed E-state index contributed by atoms with van der Waals surface area (Å²) in [6.45, 7) is 1.03. The summed E-state index contributed by atoms with van der Waals surface area (Å²) in [4.78, 5) is 25.3. The Balaban J connectivity index is 1.65. The molecule has 2 heterocycles. The van der Waals surface area contributed by atoms with Crippen LogP contribution >= 0.6 is 0 Å². The molecule has 2 aromatic heterocycles. The summed E-state index contributed by atoms with van der Waals surface area (Å²) in [5.41, 5.74) is 1.41. The van der Waals surface area contributed by atoms with E-state index in [4.69, 9.17) is 4.74 Å². The second-order valence-electron chi connectivity index (χ2n) is 7.11. The van der Waals surface area contributed by atoms with Crippen LogP contribution in [-0.2, 0) is 22.6 Å². The van der Waals surface area contributed by atoms with Crippen LogP contribution in [-0.4, -0.2) is 44.4 Å². The Kier molecular flexibility index (Phi) is 4.98. The Morgan fingerprint density at radius 1 is 1.22 bits per heavy atom. The Morgan fingerprint density at radius 3 is 2.70 bits per heavy atom. The summed E-state index contributed by atoms with van der Waals surface area (Å²) in [5, 5.41) is 7.49. The molecule has 0 atom stereocenters. The van der Waals surface area contributed by atoms with E-state index in [2.05, 4.69) is 10.4 Å². The van der Waals surface area contributed by atoms with Gasteiger partial charge in [0, 0.05) is 19.7 Å². The van der Waals surface area contributed by atoms with Crippen LogP contribution in [0.25, 0.3) is 16.8 Å². The molecule has 1 aromatic carbocycles. The molecule has 0 spiro atoms. The molecule has 8 heteroatoms. The van der Waals surface area contributed by atoms with Gasteiger partial charge < -0.3 is 14.6 Å². The van der Waals surface area contributed by atoms with Gasteiger partial charge in [0.25, 0.3) is 0 Å². The summed E-state index contributed by atoms with van der Waals surface area (Å²) < 4.78 is 9.97. The lowest BCUT2D eigenvalue weighted by Gasteiger charge is -2.22. The van der Waals surface area contributed by atoms with Gasteiger partial charge in [-0.3, -0.25) is 4.79 Å². The van der Waals surface area contributed by atoms with Crippen LogP contribution in [0.2, 0.25) is 0 Å². The number of rotatable bonds is 6. The van der Waals surface area contributed by atoms with Crippen LogP contribution in [0, 0.1) is 0 Å². The zero-order valence-electron chi connectivity index (χ0n) is 15.6. The zero-order valence-corrected chi connectivity index (χ0v) is 15.6. The first-order valence-corrected chi connectivity index (χ1v) is 9.54. The molecule has 4 rings (SSSR count). The number of para-hydroxylation sites is 2. The van der Waals surface area contributed by atoms with Crippen molar-refractivity contribution in [2.24, 2.45) is 0 Å². The maximum atomic E-state index is 12.9. The fourth-order valence-electron chi connectivity index (χ4n) is 3.93. The first-order chi connectivity index (χ1) is 13.2. The van der Waals surface area contributed by atoms with Crippen molar-refractivity contribution in [3.05, 3.63) is 34.7 Å². The van der Waals surface area contributed by atoms with Crippen molar-refractivity contribution in [1.29, 1.82) is 0 Å². The summed E-state index contributed by atoms with van der Waals surface area (Å²) in [7, 11) is 1.64. The van der Waals surface area contributed by atoms with Crippen LogP contribution in [0.3, 0.4) is 0 Å². The van der Waals surface area contributed by atoms with Crippen molar-refractivity contribution >= 4 is 22.7 Å². The van der Waals surface area contributed by atoms with E-state index in [9.17, 15) is 9.59 Å². The van der Waals surface area contributed by atoms with E-state index in [-0.39, 0.29) is 24.2 Å². The van der Waals surface area contributed by atoms with Crippen molar-refractivity contribution in [2.75, 3.05) is 13.7 Å². The monoisotopic (exact) mass is 371 g/mol. The molecule has 0 saturated heterocycles. The molecule has 0 radical (unpaired) electrons. The number of benzene rings is 1. The molecule has 8 nitrogen and oxygen atoms in total. The molecule has 3 aromatic rings. The van der Waals surface area contributed by atoms with E-state index >= 15 is 0 Å². The van der Waals surface area contributed by atoms with Crippen molar-refractivity contribution < 1.29 is 9.53 Å². The maximum absolute atomic E-state index is 12.9. The van der Waals surface area contributed by atoms with Crippen LogP contribution in [0.5, 0.6) is 0 Å². The van der Waals surface area contributed by atoms with Gasteiger partial charge in [-0.2, -0.15) is 0 Å². The van der Waals surface area contributed by atoms with Crippen LogP contribution < -0.4 is 11.0 Å². The molecule has 1 N–H and O–H groups in total. The number of nitrogens with zero attached hydrogens (tertiary/aromatic N) is 4. The van der Waals surface area contributed by atoms with Crippen LogP contribution in [0.1, 0.15) is 32.1 Å². The lowest BCUT2D eigenvalue weighted by Crippen LogP contribution is -2.40. The molecule has 27 heavy (non-hydrogen) atoms. The highest BCUT2D eigenvalue weighted by Gasteiger charge is 2.20. The summed E-state index contributed by atoms with van der Waals surface area (Å²) in [6.07, 6.45) is 5.55. The predicted octanol–water partition coefficient (Wildman–Crippen LogP) is 1.55. The predicted molar refractivity (Wildman–Crippen MR) is 102 cm³/mol. The first-order valence-electron chi connectivity index (χ1n) is 9.54. The lowest BCUT2D eigenvalue weighted by molar-refractivity contribution is -0.122. The number of aromatic nitrogens is 4. The molecule has 0 unspecified atom stereocenters. The Morgan fingerprint density at radius 2 is 1.96 bits per heavy atom. The van der Waals surface area contributed by atoms with Gasteiger partial charge in [0.05, 0.1) is 17.6 Å². The molecular weight excluding hydrogens is 346 g/mol. The highest BCUT2D eigenvalue weighted by atomic mass is 16.5. The fourth-order valence-corrected chi connectivity index (χ4v) is 3.93. The summed E-state index contributed by atoms with van der Waals surface area (Å²) in [6, 6.07) is 7.89. The average molecular weight is 371 g/mol. The van der Waals surface area contributed by atoms with Gasteiger partial charge in [0.1, 0.15) is 6.54 Å². The van der Waals surface area contributed by atoms with Crippen molar-refractivity contribution in [3.8, 4) is 0 Å². The molecule has 144 valence electrons. The van der Waals surface area contributed by atoms with E-state index in [1.54, 1.807) is 11.5 Å². The quantitative estimate of drug-likeness (QED) is 0.713. The van der Waals surface area contributed by atoms with E-state index in [0.717, 1.165) is 36.7 Å². The molecular formula is C19H25N5O3. The van der Waals surface area contributed by atoms with E-state index in [1.807, 2.05) is 28.8 Å². The standard InChI is InChI=1S/C19H25N5O3/c1-27-12-11-22-15-9-5-6-10-16(15)24-18(22)21-23(19(24)26)13-17(25)20-14-7-3-2-4-8-14/h5-6,9-10,14H,2-4,7-8,11-13H2,1H3,(H,20,25). The number of hydrogen-bond donors (Lipinski definition) is 1. The van der Waals surface area contributed by atoms with Crippen LogP contribution in [0.4, 0.5) is 0 Å². The topological polar surface area (TPSA) is 82.6 Å². The van der Waals surface area contributed by atoms with Gasteiger partial charge in [-0.15, -0.1) is 5.10 Å². The second kappa shape index (κ2) is 7.56. The number of imidazole rings is 1. The summed E-state index contributed by atoms with van der Waals surface area (Å²) in [5.74, 6) is 0.376.